The van der Waals surface area contributed by atoms with Gasteiger partial charge in [-0.1, -0.05) is 32.1 Å². The Morgan fingerprint density at radius 3 is 2.50 bits per heavy atom. The van der Waals surface area contributed by atoms with E-state index in [4.69, 9.17) is 0 Å². The third kappa shape index (κ3) is 1.80. The van der Waals surface area contributed by atoms with Crippen molar-refractivity contribution in [3.05, 3.63) is 11.3 Å². The minimum atomic E-state index is -0.000557. The summed E-state index contributed by atoms with van der Waals surface area (Å²) >= 11 is 2.87. The molecule has 0 spiro atoms. The van der Waals surface area contributed by atoms with E-state index in [0.717, 1.165) is 15.8 Å². The summed E-state index contributed by atoms with van der Waals surface area (Å²) in [6.07, 6.45) is 0. The van der Waals surface area contributed by atoms with Crippen LogP contribution in [0.1, 0.15) is 26.6 Å². The average Bonchev–Trinajstić information content (AvgIpc) is 2.73. The van der Waals surface area contributed by atoms with Crippen molar-refractivity contribution in [2.24, 2.45) is 0 Å². The van der Waals surface area contributed by atoms with Gasteiger partial charge in [-0.3, -0.25) is 0 Å². The van der Waals surface area contributed by atoms with Gasteiger partial charge in [0.25, 0.3) is 0 Å². The van der Waals surface area contributed by atoms with E-state index < -0.39 is 0 Å². The van der Waals surface area contributed by atoms with Crippen LogP contribution in [0.2, 0.25) is 0 Å². The maximum Gasteiger partial charge on any atom is 0.177 e. The van der Waals surface area contributed by atoms with Gasteiger partial charge in [-0.25, -0.2) is 4.98 Å². The Labute approximate surface area is 90.2 Å². The van der Waals surface area contributed by atoms with Crippen LogP contribution in [0.4, 0.5) is 0 Å². The second-order valence-corrected chi connectivity index (χ2v) is 5.50. The highest BCUT2D eigenvalue weighted by molar-refractivity contribution is 7.17. The molecule has 0 aliphatic heterocycles. The van der Waals surface area contributed by atoms with E-state index in [1.54, 1.807) is 5.51 Å². The summed E-state index contributed by atoms with van der Waals surface area (Å²) in [4.78, 5) is 4.44. The lowest BCUT2D eigenvalue weighted by molar-refractivity contribution is 0.555. The summed E-state index contributed by atoms with van der Waals surface area (Å²) in [6, 6.07) is 0. The zero-order valence-electron chi connectivity index (χ0n) is 8.18. The first-order chi connectivity index (χ1) is 6.57. The van der Waals surface area contributed by atoms with E-state index in [9.17, 15) is 0 Å². The molecular formula is C8H10N4S2. The van der Waals surface area contributed by atoms with E-state index in [-0.39, 0.29) is 5.41 Å². The zero-order valence-corrected chi connectivity index (χ0v) is 9.82. The lowest BCUT2D eigenvalue weighted by atomic mass is 9.96. The quantitative estimate of drug-likeness (QED) is 0.749. The van der Waals surface area contributed by atoms with Crippen LogP contribution in [0.3, 0.4) is 0 Å². The molecule has 4 nitrogen and oxygen atoms in total. The summed E-state index contributed by atoms with van der Waals surface area (Å²) in [5, 5.41) is 9.44. The van der Waals surface area contributed by atoms with Crippen LogP contribution >= 0.6 is 22.9 Å². The zero-order chi connectivity index (χ0) is 10.2. The van der Waals surface area contributed by atoms with Crippen LogP contribution in [0.5, 0.6) is 0 Å². The van der Waals surface area contributed by atoms with Crippen molar-refractivity contribution in [1.82, 2.24) is 19.6 Å². The Morgan fingerprint density at radius 2 is 2.00 bits per heavy atom. The molecule has 2 rings (SSSR count). The van der Waals surface area contributed by atoms with Gasteiger partial charge in [0.1, 0.15) is 11.3 Å². The topological polar surface area (TPSA) is 51.6 Å². The number of aromatic nitrogens is 4. The van der Waals surface area contributed by atoms with Crippen molar-refractivity contribution in [3.8, 4) is 10.0 Å². The molecule has 0 atom stereocenters. The minimum absolute atomic E-state index is 0.000557. The predicted octanol–water partition coefficient (Wildman–Crippen LogP) is 2.35. The first kappa shape index (κ1) is 9.67. The molecule has 0 N–H and O–H groups in total. The summed E-state index contributed by atoms with van der Waals surface area (Å²) in [5.74, 6) is 0.868. The highest BCUT2D eigenvalue weighted by atomic mass is 32.1. The second kappa shape index (κ2) is 3.36. The normalized spacial score (nSPS) is 11.9. The molecule has 0 saturated carbocycles. The van der Waals surface area contributed by atoms with Crippen LogP contribution in [0.15, 0.2) is 5.51 Å². The fraction of sp³-hybridized carbons (Fsp3) is 0.500. The third-order valence-corrected chi connectivity index (χ3v) is 3.19. The molecule has 0 aliphatic carbocycles. The second-order valence-electron chi connectivity index (χ2n) is 3.92. The Morgan fingerprint density at radius 1 is 1.21 bits per heavy atom. The number of nitrogens with zero attached hydrogens (tertiary/aromatic N) is 4. The molecule has 0 aromatic carbocycles. The molecular weight excluding hydrogens is 216 g/mol. The number of hydrogen-bond acceptors (Lipinski definition) is 6. The molecule has 0 fully saturated rings. The fourth-order valence-corrected chi connectivity index (χ4v) is 2.31. The standard InChI is InChI=1S/C8H10N4S2/c1-8(2,3)7-10-5(14-12-7)6-11-9-4-13-6/h4H,1-3H3. The van der Waals surface area contributed by atoms with E-state index in [2.05, 4.69) is 40.3 Å². The molecule has 14 heavy (non-hydrogen) atoms. The lowest BCUT2D eigenvalue weighted by Crippen LogP contribution is -2.12. The smallest absolute Gasteiger partial charge is 0.177 e. The number of hydrogen-bond donors (Lipinski definition) is 0. The van der Waals surface area contributed by atoms with E-state index in [0.29, 0.717) is 0 Å². The van der Waals surface area contributed by atoms with Crippen molar-refractivity contribution < 1.29 is 0 Å². The summed E-state index contributed by atoms with van der Waals surface area (Å²) in [5.41, 5.74) is 1.70. The molecule has 2 aromatic rings. The van der Waals surface area contributed by atoms with Gasteiger partial charge in [0.2, 0.25) is 0 Å². The van der Waals surface area contributed by atoms with Gasteiger partial charge in [-0.05, 0) is 11.5 Å². The molecule has 0 saturated heterocycles. The Hall–Kier alpha value is -0.880. The Bertz CT molecular complexity index is 413. The van der Waals surface area contributed by atoms with E-state index >= 15 is 0 Å². The molecule has 0 amide bonds. The number of rotatable bonds is 1. The maximum atomic E-state index is 4.44. The largest absolute Gasteiger partial charge is 0.216 e. The van der Waals surface area contributed by atoms with Crippen molar-refractivity contribution in [2.75, 3.05) is 0 Å². The van der Waals surface area contributed by atoms with Gasteiger partial charge in [0.05, 0.1) is 0 Å². The summed E-state index contributed by atoms with van der Waals surface area (Å²) in [6.45, 7) is 6.29. The highest BCUT2D eigenvalue weighted by Crippen LogP contribution is 2.27. The molecule has 74 valence electrons. The van der Waals surface area contributed by atoms with E-state index in [1.807, 2.05) is 0 Å². The molecule has 0 aliphatic rings. The van der Waals surface area contributed by atoms with Crippen molar-refractivity contribution in [3.63, 3.8) is 0 Å². The van der Waals surface area contributed by atoms with Crippen LogP contribution in [0.25, 0.3) is 10.0 Å². The van der Waals surface area contributed by atoms with Crippen LogP contribution in [-0.4, -0.2) is 19.6 Å². The third-order valence-electron chi connectivity index (χ3n) is 1.64. The lowest BCUT2D eigenvalue weighted by Gasteiger charge is -2.11. The van der Waals surface area contributed by atoms with Crippen molar-refractivity contribution in [2.45, 2.75) is 26.2 Å². The SMILES string of the molecule is CC(C)(C)c1nsc(-c2nncs2)n1. The molecule has 2 aromatic heterocycles. The van der Waals surface area contributed by atoms with Gasteiger partial charge in [-0.2, -0.15) is 4.37 Å². The van der Waals surface area contributed by atoms with Crippen molar-refractivity contribution >= 4 is 22.9 Å². The first-order valence-corrected chi connectivity index (χ1v) is 5.83. The average molecular weight is 226 g/mol. The summed E-state index contributed by atoms with van der Waals surface area (Å²) in [7, 11) is 0. The van der Waals surface area contributed by atoms with Crippen LogP contribution in [-0.2, 0) is 5.41 Å². The maximum absolute atomic E-state index is 4.44. The predicted molar refractivity (Wildman–Crippen MR) is 57.5 cm³/mol. The molecule has 0 radical (unpaired) electrons. The van der Waals surface area contributed by atoms with Gasteiger partial charge in [0.15, 0.2) is 10.0 Å². The fourth-order valence-electron chi connectivity index (χ4n) is 0.881. The van der Waals surface area contributed by atoms with Crippen LogP contribution < -0.4 is 0 Å². The van der Waals surface area contributed by atoms with Gasteiger partial charge < -0.3 is 0 Å². The highest BCUT2D eigenvalue weighted by Gasteiger charge is 2.20. The molecule has 0 unspecified atom stereocenters. The Balaban J connectivity index is 2.36. The molecule has 0 bridgehead atoms. The van der Waals surface area contributed by atoms with Crippen LogP contribution in [0, 0.1) is 0 Å². The Kier molecular flexibility index (Phi) is 2.32. The first-order valence-electron chi connectivity index (χ1n) is 4.18. The summed E-state index contributed by atoms with van der Waals surface area (Å²) < 4.78 is 4.31. The van der Waals surface area contributed by atoms with Gasteiger partial charge in [-0.15, -0.1) is 10.2 Å². The van der Waals surface area contributed by atoms with E-state index in [1.165, 1.54) is 22.9 Å². The molecule has 2 heterocycles. The minimum Gasteiger partial charge on any atom is -0.216 e. The van der Waals surface area contributed by atoms with Gasteiger partial charge in [0, 0.05) is 5.41 Å². The molecule has 6 heteroatoms. The van der Waals surface area contributed by atoms with Crippen molar-refractivity contribution in [1.29, 1.82) is 0 Å². The van der Waals surface area contributed by atoms with Gasteiger partial charge >= 0.3 is 0 Å². The monoisotopic (exact) mass is 226 g/mol.